The largest absolute Gasteiger partial charge is 0.383 e. The Hall–Kier alpha value is -4.15. The van der Waals surface area contributed by atoms with E-state index in [4.69, 9.17) is 12.2 Å². The second-order valence-electron chi connectivity index (χ2n) is 8.87. The molecular formula is C28H28N6O. The number of hydrogen-bond acceptors (Lipinski definition) is 5. The number of carbonyl (C=O) groups is 1. The van der Waals surface area contributed by atoms with Gasteiger partial charge in [0.25, 0.3) is 5.91 Å². The molecule has 0 spiro atoms. The average molecular weight is 465 g/mol. The standard InChI is InChI=1S/C28H28N6O/c1-2-3-17-32-28(14-5-6-15-28)34-19-22(25-23(34)13-18-31-26(25)29)20-9-11-21(12-10-20)27(35)33-24-8-4-7-16-30-24/h1,4,7-13,16,18-19,32H,3,5-6,14-15,17H2,(H2,29,31)(H,30,33,35). The van der Waals surface area contributed by atoms with Gasteiger partial charge in [-0.3, -0.25) is 10.1 Å². The van der Waals surface area contributed by atoms with Crippen LogP contribution in [0, 0.1) is 12.3 Å². The minimum absolute atomic E-state index is 0.205. The summed E-state index contributed by atoms with van der Waals surface area (Å²) < 4.78 is 2.32. The Labute approximate surface area is 204 Å². The highest BCUT2D eigenvalue weighted by Crippen LogP contribution is 2.41. The van der Waals surface area contributed by atoms with Crippen LogP contribution in [0.3, 0.4) is 0 Å². The van der Waals surface area contributed by atoms with Gasteiger partial charge in [-0.2, -0.15) is 0 Å². The van der Waals surface area contributed by atoms with Gasteiger partial charge in [0.15, 0.2) is 0 Å². The number of nitrogen functional groups attached to an aromatic ring is 1. The predicted octanol–water partition coefficient (Wildman–Crippen LogP) is 4.77. The normalized spacial score (nSPS) is 14.6. The van der Waals surface area contributed by atoms with Crippen molar-refractivity contribution in [3.8, 4) is 23.5 Å². The molecule has 3 heterocycles. The quantitative estimate of drug-likeness (QED) is 0.270. The molecule has 5 rings (SSSR count). The van der Waals surface area contributed by atoms with Crippen molar-refractivity contribution < 1.29 is 4.79 Å². The lowest BCUT2D eigenvalue weighted by Gasteiger charge is -2.33. The van der Waals surface area contributed by atoms with Gasteiger partial charge in [0.05, 0.1) is 11.2 Å². The molecule has 0 unspecified atom stereocenters. The Bertz CT molecular complexity index is 1380. The summed E-state index contributed by atoms with van der Waals surface area (Å²) in [6.07, 6.45) is 16.1. The molecule has 4 N–H and O–H groups in total. The van der Waals surface area contributed by atoms with E-state index in [2.05, 4.69) is 37.3 Å². The molecule has 4 aromatic rings. The van der Waals surface area contributed by atoms with E-state index < -0.39 is 0 Å². The van der Waals surface area contributed by atoms with Crippen LogP contribution in [0.15, 0.2) is 67.1 Å². The Morgan fingerprint density at radius 3 is 2.60 bits per heavy atom. The maximum atomic E-state index is 12.7. The lowest BCUT2D eigenvalue weighted by molar-refractivity contribution is 0.102. The minimum Gasteiger partial charge on any atom is -0.383 e. The Balaban J connectivity index is 1.51. The number of aromatic nitrogens is 3. The molecule has 1 aliphatic carbocycles. The topological polar surface area (TPSA) is 97.9 Å². The average Bonchev–Trinajstić information content (AvgIpc) is 3.52. The number of rotatable bonds is 7. The molecular weight excluding hydrogens is 436 g/mol. The minimum atomic E-state index is -0.207. The predicted molar refractivity (Wildman–Crippen MR) is 140 cm³/mol. The summed E-state index contributed by atoms with van der Waals surface area (Å²) >= 11 is 0. The van der Waals surface area contributed by atoms with Crippen LogP contribution in [0.25, 0.3) is 22.0 Å². The van der Waals surface area contributed by atoms with Crippen molar-refractivity contribution in [2.45, 2.75) is 37.8 Å². The van der Waals surface area contributed by atoms with Gasteiger partial charge in [-0.05, 0) is 61.6 Å². The number of terminal acetylenes is 1. The fraction of sp³-hybridized carbons (Fsp3) is 0.250. The molecule has 0 bridgehead atoms. The van der Waals surface area contributed by atoms with E-state index in [0.717, 1.165) is 54.3 Å². The summed E-state index contributed by atoms with van der Waals surface area (Å²) in [4.78, 5) is 21.2. The van der Waals surface area contributed by atoms with Crippen molar-refractivity contribution in [1.29, 1.82) is 0 Å². The first-order valence-corrected chi connectivity index (χ1v) is 11.9. The van der Waals surface area contributed by atoms with Crippen LogP contribution >= 0.6 is 0 Å². The van der Waals surface area contributed by atoms with Gasteiger partial charge in [0.1, 0.15) is 11.6 Å². The van der Waals surface area contributed by atoms with E-state index in [1.165, 1.54) is 0 Å². The molecule has 7 heteroatoms. The van der Waals surface area contributed by atoms with Crippen molar-refractivity contribution in [3.63, 3.8) is 0 Å². The Morgan fingerprint density at radius 2 is 1.89 bits per heavy atom. The van der Waals surface area contributed by atoms with Crippen LogP contribution in [0.1, 0.15) is 42.5 Å². The number of benzene rings is 1. The fourth-order valence-corrected chi connectivity index (χ4v) is 5.04. The highest BCUT2D eigenvalue weighted by molar-refractivity contribution is 6.05. The molecule has 0 saturated heterocycles. The highest BCUT2D eigenvalue weighted by Gasteiger charge is 2.36. The van der Waals surface area contributed by atoms with Crippen LogP contribution in [0.4, 0.5) is 11.6 Å². The SMILES string of the molecule is C#CCCNC1(n2cc(-c3ccc(C(=O)Nc4ccccn4)cc3)c3c(N)nccc32)CCCC1. The number of fused-ring (bicyclic) bond motifs is 1. The van der Waals surface area contributed by atoms with E-state index in [1.54, 1.807) is 18.5 Å². The van der Waals surface area contributed by atoms with E-state index >= 15 is 0 Å². The number of hydrogen-bond donors (Lipinski definition) is 3. The maximum absolute atomic E-state index is 12.7. The van der Waals surface area contributed by atoms with Crippen molar-refractivity contribution in [2.24, 2.45) is 0 Å². The first-order chi connectivity index (χ1) is 17.1. The zero-order valence-electron chi connectivity index (χ0n) is 19.5. The van der Waals surface area contributed by atoms with Crippen molar-refractivity contribution in [3.05, 3.63) is 72.7 Å². The summed E-state index contributed by atoms with van der Waals surface area (Å²) in [6, 6.07) is 15.0. The van der Waals surface area contributed by atoms with Gasteiger partial charge >= 0.3 is 0 Å². The zero-order chi connectivity index (χ0) is 24.3. The number of nitrogens with one attached hydrogen (secondary N) is 2. The summed E-state index contributed by atoms with van der Waals surface area (Å²) in [7, 11) is 0. The number of nitrogens with two attached hydrogens (primary N) is 1. The lowest BCUT2D eigenvalue weighted by Crippen LogP contribution is -2.45. The van der Waals surface area contributed by atoms with E-state index in [9.17, 15) is 4.79 Å². The molecule has 1 aliphatic rings. The first-order valence-electron chi connectivity index (χ1n) is 11.9. The van der Waals surface area contributed by atoms with Gasteiger partial charge in [-0.15, -0.1) is 12.3 Å². The maximum Gasteiger partial charge on any atom is 0.256 e. The van der Waals surface area contributed by atoms with Crippen molar-refractivity contribution in [2.75, 3.05) is 17.6 Å². The van der Waals surface area contributed by atoms with Crippen LogP contribution in [0.5, 0.6) is 0 Å². The van der Waals surface area contributed by atoms with Crippen LogP contribution in [-0.2, 0) is 5.66 Å². The summed E-state index contributed by atoms with van der Waals surface area (Å²) in [5.74, 6) is 3.53. The van der Waals surface area contributed by atoms with E-state index in [0.29, 0.717) is 23.6 Å². The van der Waals surface area contributed by atoms with Gasteiger partial charge < -0.3 is 15.6 Å². The molecule has 35 heavy (non-hydrogen) atoms. The summed E-state index contributed by atoms with van der Waals surface area (Å²) in [5, 5.41) is 7.48. The third-order valence-electron chi connectivity index (χ3n) is 6.73. The number of carbonyl (C=O) groups excluding carboxylic acids is 1. The molecule has 1 aromatic carbocycles. The molecule has 0 radical (unpaired) electrons. The molecule has 176 valence electrons. The molecule has 0 atom stereocenters. The summed E-state index contributed by atoms with van der Waals surface area (Å²) in [5.41, 5.74) is 9.75. The smallest absolute Gasteiger partial charge is 0.256 e. The number of nitrogens with zero attached hydrogens (tertiary/aromatic N) is 3. The number of anilines is 2. The first kappa shape index (κ1) is 22.6. The molecule has 1 fully saturated rings. The van der Waals surface area contributed by atoms with Crippen molar-refractivity contribution in [1.82, 2.24) is 19.9 Å². The lowest BCUT2D eigenvalue weighted by atomic mass is 10.0. The van der Waals surface area contributed by atoms with Crippen LogP contribution < -0.4 is 16.4 Å². The summed E-state index contributed by atoms with van der Waals surface area (Å²) in [6.45, 7) is 0.756. The van der Waals surface area contributed by atoms with E-state index in [-0.39, 0.29) is 11.6 Å². The second kappa shape index (κ2) is 9.61. The number of amides is 1. The van der Waals surface area contributed by atoms with Crippen molar-refractivity contribution >= 4 is 28.4 Å². The Morgan fingerprint density at radius 1 is 1.09 bits per heavy atom. The van der Waals surface area contributed by atoms with E-state index in [1.807, 2.05) is 42.5 Å². The van der Waals surface area contributed by atoms with Gasteiger partial charge in [0, 0.05) is 48.1 Å². The molecule has 3 aromatic heterocycles. The third kappa shape index (κ3) is 4.36. The molecule has 7 nitrogen and oxygen atoms in total. The monoisotopic (exact) mass is 464 g/mol. The van der Waals surface area contributed by atoms with Crippen LogP contribution in [0.2, 0.25) is 0 Å². The number of pyridine rings is 2. The molecule has 1 amide bonds. The molecule has 0 aliphatic heterocycles. The molecule has 1 saturated carbocycles. The van der Waals surface area contributed by atoms with Gasteiger partial charge in [-0.25, -0.2) is 9.97 Å². The second-order valence-corrected chi connectivity index (χ2v) is 8.87. The van der Waals surface area contributed by atoms with Gasteiger partial charge in [0.2, 0.25) is 0 Å². The fourth-order valence-electron chi connectivity index (χ4n) is 5.04. The highest BCUT2D eigenvalue weighted by atomic mass is 16.1. The third-order valence-corrected chi connectivity index (χ3v) is 6.73. The van der Waals surface area contributed by atoms with Gasteiger partial charge in [-0.1, -0.05) is 18.2 Å². The zero-order valence-corrected chi connectivity index (χ0v) is 19.5. The Kier molecular flexibility index (Phi) is 6.21. The van der Waals surface area contributed by atoms with Crippen LogP contribution in [-0.4, -0.2) is 27.0 Å².